The minimum atomic E-state index is -5.03. The van der Waals surface area contributed by atoms with Crippen LogP contribution in [-0.4, -0.2) is 53.6 Å². The molecule has 2 fully saturated rings. The number of carbonyl (C=O) groups is 2. The second kappa shape index (κ2) is 11.3. The predicted molar refractivity (Wildman–Crippen MR) is 143 cm³/mol. The molecule has 2 heterocycles. The number of ether oxygens (including phenoxy) is 1. The average Bonchev–Trinajstić information content (AvgIpc) is 3.26. The number of esters is 1. The van der Waals surface area contributed by atoms with Crippen LogP contribution in [0.1, 0.15) is 79.4 Å². The maximum atomic E-state index is 14.0. The van der Waals surface area contributed by atoms with Crippen molar-refractivity contribution in [2.45, 2.75) is 82.0 Å². The molecule has 236 valence electrons. The third-order valence-corrected chi connectivity index (χ3v) is 8.88. The van der Waals surface area contributed by atoms with Gasteiger partial charge in [0.15, 0.2) is 0 Å². The van der Waals surface area contributed by atoms with Gasteiger partial charge in [-0.1, -0.05) is 6.07 Å². The Hall–Kier alpha value is -3.35. The van der Waals surface area contributed by atoms with Crippen molar-refractivity contribution in [1.29, 1.82) is 0 Å². The molecule has 2 saturated heterocycles. The van der Waals surface area contributed by atoms with Crippen LogP contribution in [0, 0.1) is 12.7 Å². The number of rotatable bonds is 4. The second-order valence-electron chi connectivity index (χ2n) is 11.8. The van der Waals surface area contributed by atoms with Crippen LogP contribution in [0.15, 0.2) is 36.4 Å². The van der Waals surface area contributed by atoms with Crippen molar-refractivity contribution in [2.24, 2.45) is 0 Å². The lowest BCUT2D eigenvalue weighted by Gasteiger charge is -2.48. The molecule has 43 heavy (non-hydrogen) atoms. The van der Waals surface area contributed by atoms with Gasteiger partial charge in [-0.15, -0.1) is 0 Å². The van der Waals surface area contributed by atoms with Gasteiger partial charge in [-0.25, -0.2) is 9.18 Å². The molecule has 4 rings (SSSR count). The summed E-state index contributed by atoms with van der Waals surface area (Å²) in [7, 11) is 2.62. The molecule has 0 saturated carbocycles. The predicted octanol–water partition coefficient (Wildman–Crippen LogP) is 7.18. The smallest absolute Gasteiger partial charge is 0.416 e. The highest BCUT2D eigenvalue weighted by atomic mass is 19.4. The zero-order chi connectivity index (χ0) is 32.1. The summed E-state index contributed by atoms with van der Waals surface area (Å²) < 4.78 is 100. The Morgan fingerprint density at radius 3 is 2.16 bits per heavy atom. The third kappa shape index (κ3) is 6.46. The fourth-order valence-corrected chi connectivity index (χ4v) is 6.32. The molecule has 2 amide bonds. The van der Waals surface area contributed by atoms with Crippen molar-refractivity contribution in [3.05, 3.63) is 70.0 Å². The van der Waals surface area contributed by atoms with E-state index in [-0.39, 0.29) is 18.2 Å². The molecule has 0 radical (unpaired) electrons. The van der Waals surface area contributed by atoms with E-state index < -0.39 is 64.5 Å². The maximum absolute atomic E-state index is 14.0. The minimum Gasteiger partial charge on any atom is -0.468 e. The first kappa shape index (κ1) is 32.6. The lowest BCUT2D eigenvalue weighted by atomic mass is 9.79. The molecular weight excluding hydrogens is 583 g/mol. The number of alkyl halides is 6. The summed E-state index contributed by atoms with van der Waals surface area (Å²) in [5.74, 6) is -0.900. The first-order chi connectivity index (χ1) is 19.8. The first-order valence-electron chi connectivity index (χ1n) is 13.8. The summed E-state index contributed by atoms with van der Waals surface area (Å²) >= 11 is 0. The van der Waals surface area contributed by atoms with Crippen molar-refractivity contribution >= 4 is 12.0 Å². The summed E-state index contributed by atoms with van der Waals surface area (Å²) in [4.78, 5) is 29.1. The van der Waals surface area contributed by atoms with Crippen LogP contribution in [-0.2, 0) is 21.9 Å². The van der Waals surface area contributed by atoms with Crippen LogP contribution in [0.4, 0.5) is 35.5 Å². The largest absolute Gasteiger partial charge is 0.468 e. The Morgan fingerprint density at radius 1 is 1.02 bits per heavy atom. The number of nitrogens with one attached hydrogen (secondary N) is 1. The molecule has 0 bridgehead atoms. The van der Waals surface area contributed by atoms with Gasteiger partial charge in [0.25, 0.3) is 0 Å². The van der Waals surface area contributed by atoms with Gasteiger partial charge in [0.1, 0.15) is 11.4 Å². The highest BCUT2D eigenvalue weighted by molar-refractivity contribution is 5.81. The normalized spacial score (nSPS) is 25.1. The molecule has 0 aromatic heterocycles. The zero-order valence-corrected chi connectivity index (χ0v) is 24.4. The van der Waals surface area contributed by atoms with E-state index in [2.05, 4.69) is 5.32 Å². The number of hydrogen-bond donors (Lipinski definition) is 1. The number of likely N-dealkylation sites (tertiary alicyclic amines) is 1. The molecule has 2 aromatic rings. The van der Waals surface area contributed by atoms with Gasteiger partial charge in [-0.2, -0.15) is 26.3 Å². The van der Waals surface area contributed by atoms with Gasteiger partial charge in [-0.05, 0) is 93.5 Å². The number of halogens is 7. The summed E-state index contributed by atoms with van der Waals surface area (Å²) in [5.41, 5.74) is -3.57. The maximum Gasteiger partial charge on any atom is 0.416 e. The van der Waals surface area contributed by atoms with Crippen LogP contribution in [0.25, 0.3) is 0 Å². The van der Waals surface area contributed by atoms with E-state index in [1.807, 2.05) is 0 Å². The van der Waals surface area contributed by atoms with E-state index in [1.165, 1.54) is 38.1 Å². The Morgan fingerprint density at radius 2 is 1.63 bits per heavy atom. The monoisotopic (exact) mass is 617 g/mol. The lowest BCUT2D eigenvalue weighted by molar-refractivity contribution is -0.148. The van der Waals surface area contributed by atoms with Crippen molar-refractivity contribution in [3.8, 4) is 0 Å². The number of piperidine rings is 1. The van der Waals surface area contributed by atoms with Crippen molar-refractivity contribution in [3.63, 3.8) is 0 Å². The molecule has 1 spiro atoms. The Kier molecular flexibility index (Phi) is 8.55. The number of nitrogens with zero attached hydrogens (tertiary/aromatic N) is 2. The standard InChI is InChI=1S/C30H34F7N3O3/c1-17-12-22(31)6-7-23(17)24-16-28(9-8-27(3,38-28)25(41)43-5)10-11-40(24)26(42)39(4)18(2)19-13-20(29(32,33)34)15-21(14-19)30(35,36)37/h6-7,12-15,18,24,38H,8-11,16H2,1-5H3/t18-,24-,27+,28?/m1/s1. The van der Waals surface area contributed by atoms with Gasteiger partial charge in [-0.3, -0.25) is 10.1 Å². The molecule has 0 aliphatic carbocycles. The molecule has 6 nitrogen and oxygen atoms in total. The highest BCUT2D eigenvalue weighted by Crippen LogP contribution is 2.46. The number of methoxy groups -OCH3 is 1. The lowest BCUT2D eigenvalue weighted by Crippen LogP contribution is -2.59. The molecule has 13 heteroatoms. The van der Waals surface area contributed by atoms with E-state index in [0.29, 0.717) is 48.9 Å². The average molecular weight is 618 g/mol. The van der Waals surface area contributed by atoms with Crippen molar-refractivity contribution in [2.75, 3.05) is 20.7 Å². The van der Waals surface area contributed by atoms with Crippen LogP contribution >= 0.6 is 0 Å². The summed E-state index contributed by atoms with van der Waals surface area (Å²) in [6.45, 7) is 4.95. The summed E-state index contributed by atoms with van der Waals surface area (Å²) in [6.07, 6.45) is -8.23. The van der Waals surface area contributed by atoms with E-state index in [4.69, 9.17) is 4.74 Å². The second-order valence-corrected chi connectivity index (χ2v) is 11.8. The van der Waals surface area contributed by atoms with E-state index in [1.54, 1.807) is 19.9 Å². The molecule has 4 atom stereocenters. The Balaban J connectivity index is 1.69. The topological polar surface area (TPSA) is 61.9 Å². The number of aryl methyl sites for hydroxylation is 1. The van der Waals surface area contributed by atoms with E-state index in [9.17, 15) is 40.3 Å². The number of benzene rings is 2. The van der Waals surface area contributed by atoms with Crippen molar-refractivity contribution in [1.82, 2.24) is 15.1 Å². The van der Waals surface area contributed by atoms with Crippen LogP contribution in [0.2, 0.25) is 0 Å². The van der Waals surface area contributed by atoms with Crippen LogP contribution < -0.4 is 5.32 Å². The fraction of sp³-hybridized carbons (Fsp3) is 0.533. The van der Waals surface area contributed by atoms with Gasteiger partial charge < -0.3 is 14.5 Å². The fourth-order valence-electron chi connectivity index (χ4n) is 6.32. The van der Waals surface area contributed by atoms with E-state index >= 15 is 0 Å². The summed E-state index contributed by atoms with van der Waals surface area (Å²) in [6, 6.07) is 3.04. The molecule has 1 N–H and O–H groups in total. The molecular formula is C30H34F7N3O3. The molecule has 2 aliphatic rings. The Bertz CT molecular complexity index is 1360. The number of hydrogen-bond acceptors (Lipinski definition) is 4. The van der Waals surface area contributed by atoms with Crippen LogP contribution in [0.3, 0.4) is 0 Å². The van der Waals surface area contributed by atoms with Crippen molar-refractivity contribution < 1.29 is 45.1 Å². The quantitative estimate of drug-likeness (QED) is 0.292. The van der Waals surface area contributed by atoms with Gasteiger partial charge in [0, 0.05) is 19.1 Å². The SMILES string of the molecule is COC(=O)[C@]1(C)CCC2(CCN(C(=O)N(C)[C@H](C)c3cc(C(F)(F)F)cc(C(F)(F)F)c3)[C@@H](c3ccc(F)cc3C)C2)N1. The zero-order valence-electron chi connectivity index (χ0n) is 24.4. The van der Waals surface area contributed by atoms with E-state index in [0.717, 1.165) is 4.90 Å². The van der Waals surface area contributed by atoms with Gasteiger partial charge in [0.05, 0.1) is 30.3 Å². The van der Waals surface area contributed by atoms with Crippen LogP contribution in [0.5, 0.6) is 0 Å². The first-order valence-corrected chi connectivity index (χ1v) is 13.8. The van der Waals surface area contributed by atoms with Gasteiger partial charge in [0.2, 0.25) is 0 Å². The third-order valence-electron chi connectivity index (χ3n) is 8.88. The van der Waals surface area contributed by atoms with Gasteiger partial charge >= 0.3 is 24.4 Å². The Labute approximate surface area is 245 Å². The molecule has 2 aliphatic heterocycles. The molecule has 1 unspecified atom stereocenters. The number of urea groups is 1. The summed E-state index contributed by atoms with van der Waals surface area (Å²) in [5, 5.41) is 3.43. The highest BCUT2D eigenvalue weighted by Gasteiger charge is 2.53. The molecule has 2 aromatic carbocycles. The number of carbonyl (C=O) groups excluding carboxylic acids is 2. The number of amides is 2. The minimum absolute atomic E-state index is 0.0478.